The van der Waals surface area contributed by atoms with E-state index in [0.29, 0.717) is 39.1 Å². The van der Waals surface area contributed by atoms with Gasteiger partial charge in [0, 0.05) is 55.9 Å². The highest BCUT2D eigenvalue weighted by Crippen LogP contribution is 2.33. The minimum atomic E-state index is 0.190. The number of amides is 1. The molecule has 8 heteroatoms. The smallest absolute Gasteiger partial charge is 0.223 e. The number of pyridine rings is 1. The van der Waals surface area contributed by atoms with Crippen LogP contribution < -0.4 is 0 Å². The normalized spacial score (nSPS) is 19.5. The second-order valence-electron chi connectivity index (χ2n) is 9.08. The van der Waals surface area contributed by atoms with E-state index in [0.717, 1.165) is 47.8 Å². The summed E-state index contributed by atoms with van der Waals surface area (Å²) in [5.74, 6) is 0.190. The fourth-order valence-corrected chi connectivity index (χ4v) is 5.15. The molecule has 1 atom stereocenters. The van der Waals surface area contributed by atoms with Crippen molar-refractivity contribution in [3.05, 3.63) is 58.8 Å². The zero-order chi connectivity index (χ0) is 22.8. The molecule has 33 heavy (non-hydrogen) atoms. The summed E-state index contributed by atoms with van der Waals surface area (Å²) in [6.07, 6.45) is 7.20. The van der Waals surface area contributed by atoms with Crippen LogP contribution in [0.3, 0.4) is 0 Å². The Morgan fingerprint density at radius 1 is 1.21 bits per heavy atom. The number of aromatic nitrogens is 4. The van der Waals surface area contributed by atoms with Crippen molar-refractivity contribution in [2.75, 3.05) is 32.8 Å². The molecule has 0 aliphatic carbocycles. The predicted molar refractivity (Wildman–Crippen MR) is 125 cm³/mol. The van der Waals surface area contributed by atoms with E-state index in [-0.39, 0.29) is 11.9 Å². The highest BCUT2D eigenvalue weighted by Gasteiger charge is 2.29. The summed E-state index contributed by atoms with van der Waals surface area (Å²) in [6, 6.07) is 6.55. The topological polar surface area (TPSA) is 75.9 Å². The maximum absolute atomic E-state index is 12.6. The molecule has 0 aromatic carbocycles. The summed E-state index contributed by atoms with van der Waals surface area (Å²) in [5.41, 5.74) is 6.38. The Morgan fingerprint density at radius 2 is 2.06 bits per heavy atom. The molecule has 3 aromatic heterocycles. The number of carbonyl (C=O) groups is 1. The summed E-state index contributed by atoms with van der Waals surface area (Å²) >= 11 is 0. The molecule has 0 bridgehead atoms. The summed E-state index contributed by atoms with van der Waals surface area (Å²) in [7, 11) is 0. The number of aryl methyl sites for hydroxylation is 2. The van der Waals surface area contributed by atoms with E-state index < -0.39 is 0 Å². The standard InChI is InChI=1S/C25H32N6O2/c1-18-21(7-8-25(32)29-11-13-33-14-12-29)19(2)31-24(27-18)15-22(28-31)23-6-4-10-30(23)17-20-5-3-9-26-16-20/h3,5,9,15-16,23H,4,6-8,10-14,17H2,1-2H3/t23-/m0/s1. The van der Waals surface area contributed by atoms with E-state index in [1.807, 2.05) is 34.8 Å². The number of rotatable bonds is 6. The molecule has 2 aliphatic rings. The van der Waals surface area contributed by atoms with Gasteiger partial charge in [0.25, 0.3) is 0 Å². The SMILES string of the molecule is Cc1nc2cc([C@@H]3CCCN3Cc3cccnc3)nn2c(C)c1CCC(=O)N1CCOCC1. The molecular formula is C25H32N6O2. The van der Waals surface area contributed by atoms with Crippen LogP contribution in [-0.4, -0.2) is 68.1 Å². The quantitative estimate of drug-likeness (QED) is 0.577. The molecule has 0 spiro atoms. The third-order valence-corrected chi connectivity index (χ3v) is 6.95. The van der Waals surface area contributed by atoms with E-state index in [4.69, 9.17) is 14.8 Å². The van der Waals surface area contributed by atoms with Gasteiger partial charge >= 0.3 is 0 Å². The molecule has 2 aliphatic heterocycles. The van der Waals surface area contributed by atoms with Crippen molar-refractivity contribution in [2.45, 2.75) is 52.1 Å². The minimum Gasteiger partial charge on any atom is -0.378 e. The minimum absolute atomic E-state index is 0.190. The van der Waals surface area contributed by atoms with Crippen molar-refractivity contribution >= 4 is 11.6 Å². The summed E-state index contributed by atoms with van der Waals surface area (Å²) in [4.78, 5) is 26.1. The molecular weight excluding hydrogens is 416 g/mol. The fraction of sp³-hybridized carbons (Fsp3) is 0.520. The Hall–Kier alpha value is -2.84. The molecule has 2 saturated heterocycles. The molecule has 0 radical (unpaired) electrons. The predicted octanol–water partition coefficient (Wildman–Crippen LogP) is 2.87. The number of ether oxygens (including phenoxy) is 1. The first-order valence-electron chi connectivity index (χ1n) is 11.9. The number of nitrogens with zero attached hydrogens (tertiary/aromatic N) is 6. The van der Waals surface area contributed by atoms with E-state index in [9.17, 15) is 4.79 Å². The fourth-order valence-electron chi connectivity index (χ4n) is 5.15. The lowest BCUT2D eigenvalue weighted by Crippen LogP contribution is -2.40. The molecule has 3 aromatic rings. The van der Waals surface area contributed by atoms with Gasteiger partial charge in [0.05, 0.1) is 24.9 Å². The Bertz CT molecular complexity index is 1120. The lowest BCUT2D eigenvalue weighted by atomic mass is 10.1. The molecule has 0 unspecified atom stereocenters. The van der Waals surface area contributed by atoms with Crippen LogP contribution in [0.2, 0.25) is 0 Å². The van der Waals surface area contributed by atoms with Gasteiger partial charge in [0.15, 0.2) is 5.65 Å². The van der Waals surface area contributed by atoms with Crippen molar-refractivity contribution in [1.29, 1.82) is 0 Å². The molecule has 8 nitrogen and oxygen atoms in total. The third-order valence-electron chi connectivity index (χ3n) is 6.95. The number of carbonyl (C=O) groups excluding carboxylic acids is 1. The maximum atomic E-state index is 12.6. The van der Waals surface area contributed by atoms with Crippen molar-refractivity contribution in [3.63, 3.8) is 0 Å². The lowest BCUT2D eigenvalue weighted by molar-refractivity contribution is -0.135. The molecule has 0 N–H and O–H groups in total. The Kier molecular flexibility index (Phi) is 6.37. The first kappa shape index (κ1) is 22.0. The summed E-state index contributed by atoms with van der Waals surface area (Å²) < 4.78 is 7.33. The largest absolute Gasteiger partial charge is 0.378 e. The monoisotopic (exact) mass is 448 g/mol. The average Bonchev–Trinajstić information content (AvgIpc) is 3.47. The molecule has 2 fully saturated rings. The van der Waals surface area contributed by atoms with Gasteiger partial charge in [-0.1, -0.05) is 6.07 Å². The number of fused-ring (bicyclic) bond motifs is 1. The van der Waals surface area contributed by atoms with Gasteiger partial charge in [-0.05, 0) is 56.8 Å². The van der Waals surface area contributed by atoms with Crippen LogP contribution in [0.4, 0.5) is 0 Å². The lowest BCUT2D eigenvalue weighted by Gasteiger charge is -2.27. The van der Waals surface area contributed by atoms with Gasteiger partial charge in [0.2, 0.25) is 5.91 Å². The van der Waals surface area contributed by atoms with Crippen molar-refractivity contribution < 1.29 is 9.53 Å². The number of morpholine rings is 1. The first-order valence-corrected chi connectivity index (χ1v) is 11.9. The molecule has 1 amide bonds. The second-order valence-corrected chi connectivity index (χ2v) is 9.08. The van der Waals surface area contributed by atoms with Crippen LogP contribution in [0.5, 0.6) is 0 Å². The zero-order valence-corrected chi connectivity index (χ0v) is 19.5. The first-order chi connectivity index (χ1) is 16.1. The van der Waals surface area contributed by atoms with Gasteiger partial charge in [-0.15, -0.1) is 0 Å². The number of hydrogen-bond donors (Lipinski definition) is 0. The van der Waals surface area contributed by atoms with Crippen molar-refractivity contribution in [2.24, 2.45) is 0 Å². The van der Waals surface area contributed by atoms with Crippen LogP contribution >= 0.6 is 0 Å². The van der Waals surface area contributed by atoms with Crippen molar-refractivity contribution in [1.82, 2.24) is 29.4 Å². The van der Waals surface area contributed by atoms with Gasteiger partial charge in [-0.25, -0.2) is 9.50 Å². The number of likely N-dealkylation sites (tertiary alicyclic amines) is 1. The van der Waals surface area contributed by atoms with Crippen LogP contribution in [0.15, 0.2) is 30.6 Å². The van der Waals surface area contributed by atoms with E-state index in [1.165, 1.54) is 12.0 Å². The third kappa shape index (κ3) is 4.63. The van der Waals surface area contributed by atoms with Crippen molar-refractivity contribution in [3.8, 4) is 0 Å². The van der Waals surface area contributed by atoms with Gasteiger partial charge in [-0.2, -0.15) is 5.10 Å². The van der Waals surface area contributed by atoms with E-state index >= 15 is 0 Å². The summed E-state index contributed by atoms with van der Waals surface area (Å²) in [5, 5.41) is 4.99. The van der Waals surface area contributed by atoms with Crippen LogP contribution in [0.25, 0.3) is 5.65 Å². The molecule has 5 heterocycles. The van der Waals surface area contributed by atoms with Gasteiger partial charge < -0.3 is 9.64 Å². The molecule has 0 saturated carbocycles. The van der Waals surface area contributed by atoms with Gasteiger partial charge in [-0.3, -0.25) is 14.7 Å². The van der Waals surface area contributed by atoms with Gasteiger partial charge in [0.1, 0.15) is 0 Å². The molecule has 5 rings (SSSR count). The van der Waals surface area contributed by atoms with E-state index in [1.54, 1.807) is 0 Å². The van der Waals surface area contributed by atoms with Crippen LogP contribution in [-0.2, 0) is 22.5 Å². The zero-order valence-electron chi connectivity index (χ0n) is 19.5. The second kappa shape index (κ2) is 9.57. The Labute approximate surface area is 194 Å². The molecule has 174 valence electrons. The average molecular weight is 449 g/mol. The van der Waals surface area contributed by atoms with Crippen LogP contribution in [0, 0.1) is 13.8 Å². The Morgan fingerprint density at radius 3 is 2.85 bits per heavy atom. The highest BCUT2D eigenvalue weighted by molar-refractivity contribution is 5.76. The highest BCUT2D eigenvalue weighted by atomic mass is 16.5. The van der Waals surface area contributed by atoms with Crippen LogP contribution in [0.1, 0.15) is 53.5 Å². The summed E-state index contributed by atoms with van der Waals surface area (Å²) in [6.45, 7) is 8.72. The van der Waals surface area contributed by atoms with E-state index in [2.05, 4.69) is 28.9 Å². The Balaban J connectivity index is 1.34. The number of hydrogen-bond acceptors (Lipinski definition) is 6. The maximum Gasteiger partial charge on any atom is 0.223 e.